The summed E-state index contributed by atoms with van der Waals surface area (Å²) in [5, 5.41) is 19.9. The first-order valence-electron chi connectivity index (χ1n) is 6.49. The van der Waals surface area contributed by atoms with Crippen molar-refractivity contribution in [3.8, 4) is 12.1 Å². The van der Waals surface area contributed by atoms with Crippen molar-refractivity contribution in [2.24, 2.45) is 0 Å². The summed E-state index contributed by atoms with van der Waals surface area (Å²) < 4.78 is 0. The van der Waals surface area contributed by atoms with E-state index in [0.29, 0.717) is 11.3 Å². The van der Waals surface area contributed by atoms with Crippen LogP contribution < -0.4 is 5.32 Å². The van der Waals surface area contributed by atoms with Crippen molar-refractivity contribution >= 4 is 17.5 Å². The molecule has 1 rings (SSSR count). The Morgan fingerprint density at radius 3 is 2.33 bits per heavy atom. The van der Waals surface area contributed by atoms with Gasteiger partial charge >= 0.3 is 6.03 Å². The standard InChI is InChI=1S/C15H16N4O2/c1-12(20)13-5-2-6-14(11-13)18-15(21)19(9-3-7-16)10-4-8-17/h2,5-6,11H,3-4,9-10H2,1H3,(H,18,21). The van der Waals surface area contributed by atoms with Gasteiger partial charge in [0.05, 0.1) is 25.0 Å². The van der Waals surface area contributed by atoms with Crippen molar-refractivity contribution < 1.29 is 9.59 Å². The fourth-order valence-electron chi connectivity index (χ4n) is 1.70. The number of hydrogen-bond acceptors (Lipinski definition) is 4. The normalized spacial score (nSPS) is 9.29. The van der Waals surface area contributed by atoms with E-state index in [9.17, 15) is 9.59 Å². The molecule has 1 aromatic carbocycles. The third kappa shape index (κ3) is 5.33. The van der Waals surface area contributed by atoms with Crippen LogP contribution in [0.4, 0.5) is 10.5 Å². The van der Waals surface area contributed by atoms with Crippen LogP contribution in [0.5, 0.6) is 0 Å². The third-order valence-corrected chi connectivity index (χ3v) is 2.79. The van der Waals surface area contributed by atoms with Gasteiger partial charge in [0, 0.05) is 24.3 Å². The zero-order chi connectivity index (χ0) is 15.7. The van der Waals surface area contributed by atoms with Crippen LogP contribution in [0.15, 0.2) is 24.3 Å². The van der Waals surface area contributed by atoms with Crippen molar-refractivity contribution in [1.82, 2.24) is 4.90 Å². The molecule has 1 N–H and O–H groups in total. The first-order chi connectivity index (χ1) is 10.1. The Balaban J connectivity index is 2.76. The number of Topliss-reactive ketones (excluding diaryl/α,β-unsaturated/α-hetero) is 1. The molecule has 0 aliphatic heterocycles. The zero-order valence-electron chi connectivity index (χ0n) is 11.8. The quantitative estimate of drug-likeness (QED) is 0.812. The van der Waals surface area contributed by atoms with Crippen LogP contribution in [0.25, 0.3) is 0 Å². The average Bonchev–Trinajstić information content (AvgIpc) is 2.47. The lowest BCUT2D eigenvalue weighted by Gasteiger charge is -2.21. The molecule has 0 fully saturated rings. The van der Waals surface area contributed by atoms with Gasteiger partial charge in [0.25, 0.3) is 0 Å². The number of anilines is 1. The number of urea groups is 1. The van der Waals surface area contributed by atoms with Gasteiger partial charge in [-0.3, -0.25) is 4.79 Å². The second-order valence-corrected chi connectivity index (χ2v) is 4.37. The van der Waals surface area contributed by atoms with Gasteiger partial charge < -0.3 is 10.2 Å². The summed E-state index contributed by atoms with van der Waals surface area (Å²) in [6.45, 7) is 1.97. The minimum absolute atomic E-state index is 0.0862. The van der Waals surface area contributed by atoms with E-state index in [1.807, 2.05) is 12.1 Å². The monoisotopic (exact) mass is 284 g/mol. The van der Waals surface area contributed by atoms with Crippen LogP contribution >= 0.6 is 0 Å². The molecule has 6 nitrogen and oxygen atoms in total. The number of nitrogens with one attached hydrogen (secondary N) is 1. The fourth-order valence-corrected chi connectivity index (χ4v) is 1.70. The van der Waals surface area contributed by atoms with Crippen LogP contribution in [0, 0.1) is 22.7 Å². The van der Waals surface area contributed by atoms with E-state index in [1.165, 1.54) is 11.8 Å². The van der Waals surface area contributed by atoms with E-state index in [-0.39, 0.29) is 37.7 Å². The Morgan fingerprint density at radius 2 is 1.81 bits per heavy atom. The Morgan fingerprint density at radius 1 is 1.19 bits per heavy atom. The Labute approximate surface area is 123 Å². The number of benzene rings is 1. The van der Waals surface area contributed by atoms with Crippen LogP contribution in [-0.4, -0.2) is 29.8 Å². The molecule has 0 atom stereocenters. The van der Waals surface area contributed by atoms with Gasteiger partial charge in [0.2, 0.25) is 0 Å². The molecule has 2 amide bonds. The van der Waals surface area contributed by atoms with Gasteiger partial charge in [-0.05, 0) is 19.1 Å². The van der Waals surface area contributed by atoms with Crippen LogP contribution in [0.2, 0.25) is 0 Å². The second-order valence-electron chi connectivity index (χ2n) is 4.37. The molecule has 0 saturated carbocycles. The maximum absolute atomic E-state index is 12.1. The number of nitrogens with zero attached hydrogens (tertiary/aromatic N) is 3. The van der Waals surface area contributed by atoms with Gasteiger partial charge in [0.15, 0.2) is 5.78 Å². The molecular formula is C15H16N4O2. The van der Waals surface area contributed by atoms with E-state index in [2.05, 4.69) is 5.32 Å². The molecule has 0 aliphatic carbocycles. The minimum atomic E-state index is -0.388. The number of ketones is 1. The van der Waals surface area contributed by atoms with Crippen molar-refractivity contribution in [1.29, 1.82) is 10.5 Å². The predicted octanol–water partition coefficient (Wildman–Crippen LogP) is 2.55. The van der Waals surface area contributed by atoms with E-state index < -0.39 is 0 Å². The molecule has 0 bridgehead atoms. The van der Waals surface area contributed by atoms with Crippen molar-refractivity contribution in [2.45, 2.75) is 19.8 Å². The highest BCUT2D eigenvalue weighted by Gasteiger charge is 2.13. The van der Waals surface area contributed by atoms with E-state index in [1.54, 1.807) is 24.3 Å². The van der Waals surface area contributed by atoms with Crippen LogP contribution in [0.3, 0.4) is 0 Å². The first-order valence-corrected chi connectivity index (χ1v) is 6.49. The number of amides is 2. The Kier molecular flexibility index (Phi) is 6.43. The van der Waals surface area contributed by atoms with Gasteiger partial charge in [-0.2, -0.15) is 10.5 Å². The zero-order valence-corrected chi connectivity index (χ0v) is 11.8. The summed E-state index contributed by atoms with van der Waals surface area (Å²) in [5.74, 6) is -0.0862. The molecular weight excluding hydrogens is 268 g/mol. The number of nitriles is 2. The van der Waals surface area contributed by atoms with Crippen molar-refractivity contribution in [3.05, 3.63) is 29.8 Å². The maximum atomic E-state index is 12.1. The van der Waals surface area contributed by atoms with Gasteiger partial charge in [0.1, 0.15) is 0 Å². The largest absolute Gasteiger partial charge is 0.322 e. The van der Waals surface area contributed by atoms with Gasteiger partial charge in [-0.1, -0.05) is 12.1 Å². The molecule has 0 unspecified atom stereocenters. The number of hydrogen-bond donors (Lipinski definition) is 1. The fraction of sp³-hybridized carbons (Fsp3) is 0.333. The molecule has 0 aliphatic rings. The van der Waals surface area contributed by atoms with Gasteiger partial charge in [-0.25, -0.2) is 4.79 Å². The summed E-state index contributed by atoms with van der Waals surface area (Å²) >= 11 is 0. The summed E-state index contributed by atoms with van der Waals surface area (Å²) in [5.41, 5.74) is 1.01. The summed E-state index contributed by atoms with van der Waals surface area (Å²) in [7, 11) is 0. The molecule has 21 heavy (non-hydrogen) atoms. The summed E-state index contributed by atoms with van der Waals surface area (Å²) in [6, 6.07) is 10.2. The van der Waals surface area contributed by atoms with Crippen molar-refractivity contribution in [2.75, 3.05) is 18.4 Å². The Hall–Kier alpha value is -2.86. The van der Waals surface area contributed by atoms with E-state index >= 15 is 0 Å². The highest BCUT2D eigenvalue weighted by Crippen LogP contribution is 2.12. The number of carbonyl (C=O) groups excluding carboxylic acids is 2. The molecule has 6 heteroatoms. The Bertz CT molecular complexity index is 580. The van der Waals surface area contributed by atoms with E-state index in [0.717, 1.165) is 0 Å². The maximum Gasteiger partial charge on any atom is 0.321 e. The lowest BCUT2D eigenvalue weighted by atomic mass is 10.1. The topological polar surface area (TPSA) is 97.0 Å². The molecule has 108 valence electrons. The second kappa shape index (κ2) is 8.34. The lowest BCUT2D eigenvalue weighted by molar-refractivity contribution is 0.101. The smallest absolute Gasteiger partial charge is 0.321 e. The average molecular weight is 284 g/mol. The van der Waals surface area contributed by atoms with Crippen LogP contribution in [-0.2, 0) is 0 Å². The van der Waals surface area contributed by atoms with E-state index in [4.69, 9.17) is 10.5 Å². The first kappa shape index (κ1) is 16.2. The highest BCUT2D eigenvalue weighted by atomic mass is 16.2. The third-order valence-electron chi connectivity index (χ3n) is 2.79. The number of carbonyl (C=O) groups is 2. The van der Waals surface area contributed by atoms with Gasteiger partial charge in [-0.15, -0.1) is 0 Å². The summed E-state index contributed by atoms with van der Waals surface area (Å²) in [6.07, 6.45) is 0.401. The molecule has 1 aromatic rings. The molecule has 0 aromatic heterocycles. The van der Waals surface area contributed by atoms with Crippen molar-refractivity contribution in [3.63, 3.8) is 0 Å². The minimum Gasteiger partial charge on any atom is -0.322 e. The summed E-state index contributed by atoms with van der Waals surface area (Å²) in [4.78, 5) is 24.8. The molecule has 0 saturated heterocycles. The lowest BCUT2D eigenvalue weighted by Crippen LogP contribution is -2.36. The molecule has 0 spiro atoms. The highest BCUT2D eigenvalue weighted by molar-refractivity contribution is 5.96. The molecule has 0 radical (unpaired) electrons. The predicted molar refractivity (Wildman–Crippen MR) is 77.5 cm³/mol. The number of rotatable bonds is 6. The molecule has 0 heterocycles. The van der Waals surface area contributed by atoms with Crippen LogP contribution in [0.1, 0.15) is 30.1 Å². The SMILES string of the molecule is CC(=O)c1cccc(NC(=O)N(CCC#N)CCC#N)c1.